The van der Waals surface area contributed by atoms with Gasteiger partial charge < -0.3 is 34.2 Å². The Kier molecular flexibility index (Phi) is 67.9. The number of esters is 3. The van der Waals surface area contributed by atoms with Crippen LogP contribution in [0, 0.1) is 0 Å². The van der Waals surface area contributed by atoms with E-state index in [4.69, 9.17) is 32.3 Å². The molecule has 0 saturated heterocycles. The quantitative estimate of drug-likeness (QED) is 0.0146. The number of carbonyl (C=O) groups excluding carboxylic acids is 3. The Bertz CT molecular complexity index is 2350. The fourth-order valence-corrected chi connectivity index (χ4v) is 11.0. The number of ether oxygens (including phenoxy) is 3. The first-order valence-electron chi connectivity index (χ1n) is 37.1. The van der Waals surface area contributed by atoms with Crippen molar-refractivity contribution in [3.8, 4) is 0 Å². The van der Waals surface area contributed by atoms with Crippen LogP contribution in [0.1, 0.15) is 278 Å². The van der Waals surface area contributed by atoms with Crippen molar-refractivity contribution in [1.29, 1.82) is 0 Å². The Hall–Kier alpha value is -4.57. The Balaban J connectivity index is 4.55. The lowest BCUT2D eigenvalue weighted by atomic mass is 10.0. The molecule has 0 amide bonds. The number of aliphatic hydroxyl groups is 2. The summed E-state index contributed by atoms with van der Waals surface area (Å²) < 4.78 is 60.9. The Morgan fingerprint density at radius 1 is 0.299 bits per heavy atom. The Morgan fingerprint density at radius 2 is 0.557 bits per heavy atom. The van der Waals surface area contributed by atoms with E-state index in [0.29, 0.717) is 25.7 Å². The highest BCUT2D eigenvalue weighted by Gasteiger charge is 2.29. The topological polar surface area (TPSA) is 231 Å². The molecule has 0 spiro atoms. The van der Waals surface area contributed by atoms with Gasteiger partial charge in [0.2, 0.25) is 0 Å². The van der Waals surface area contributed by atoms with E-state index < -0.39 is 91.5 Å². The van der Waals surface area contributed by atoms with Crippen molar-refractivity contribution in [2.24, 2.45) is 0 Å². The van der Waals surface area contributed by atoms with E-state index in [9.17, 15) is 43.5 Å². The number of aliphatic hydroxyl groups excluding tert-OH is 2. The maximum absolute atomic E-state index is 12.9. The molecule has 0 heterocycles. The van der Waals surface area contributed by atoms with E-state index >= 15 is 0 Å². The van der Waals surface area contributed by atoms with Crippen LogP contribution in [0.5, 0.6) is 0 Å². The summed E-state index contributed by atoms with van der Waals surface area (Å²) in [6, 6.07) is 0. The number of unbranched alkanes of at least 4 members (excludes halogenated alkanes) is 22. The molecule has 554 valence electrons. The molecule has 0 aromatic carbocycles. The number of hydrogen-bond donors (Lipinski definition) is 4. The SMILES string of the molecule is CC/C=C\C/C=C\C/C=C\C/C=C\C/C=C\CCCC(=O)OCC(COP(=O)(O)OCC(O)COP(=O)(O)OCC(O)COC(=O)CCCCCCCCCCCCCCC/C=C\C/C=C\C/C=C\C/C=C\CCCCC)OC(=O)CCCCCCC/C=C\C/C=C\C/C=C\CC. The smallest absolute Gasteiger partial charge is 0.463 e. The third-order valence-electron chi connectivity index (χ3n) is 15.0. The second kappa shape index (κ2) is 71.3. The van der Waals surface area contributed by atoms with Crippen LogP contribution in [-0.4, -0.2) is 95.9 Å². The van der Waals surface area contributed by atoms with Crippen molar-refractivity contribution in [2.75, 3.05) is 39.6 Å². The normalized spacial score (nSPS) is 14.9. The van der Waals surface area contributed by atoms with Crippen LogP contribution in [0.15, 0.2) is 146 Å². The van der Waals surface area contributed by atoms with Crippen LogP contribution in [-0.2, 0) is 55.8 Å². The van der Waals surface area contributed by atoms with E-state index in [-0.39, 0.29) is 19.3 Å². The van der Waals surface area contributed by atoms with Gasteiger partial charge in [-0.25, -0.2) is 9.13 Å². The molecule has 0 aromatic rings. The van der Waals surface area contributed by atoms with Crippen molar-refractivity contribution < 1.29 is 75.8 Å². The minimum absolute atomic E-state index is 0.0684. The van der Waals surface area contributed by atoms with Gasteiger partial charge in [-0.15, -0.1) is 0 Å². The number of phosphoric acid groups is 2. The van der Waals surface area contributed by atoms with Gasteiger partial charge in [0.25, 0.3) is 0 Å². The number of allylic oxidation sites excluding steroid dienone is 24. The standard InChI is InChI=1S/C79H132O16P2/c1-4-7-10-13-16-19-22-25-28-30-31-32-33-34-35-36-37-38-39-40-41-43-46-47-50-53-56-59-62-65-77(82)89-68-74(80)69-91-96(85,86)92-70-75(81)71-93-97(87,88)94-73-76(95-79(84)67-64-61-58-55-52-49-44-27-24-21-18-15-12-9-6-3)72-90-78(83)66-63-60-57-54-51-48-45-42-29-26-23-20-17-14-11-8-5-2/h8-9,11-12,16-21,25-29,31-32,34-35,44-45,48,54,57,74-76,80-81H,4-7,10,13-15,22-24,30,33,36-43,46-47,49-53,55-56,58-73H2,1-3H3,(H,85,86)(H,87,88)/b11-8-,12-9-,19-16-,20-17-,21-18-,28-25-,29-26-,32-31-,35-34-,44-27-,48-45-,57-54-. The van der Waals surface area contributed by atoms with Gasteiger partial charge in [0.05, 0.1) is 26.4 Å². The third-order valence-corrected chi connectivity index (χ3v) is 16.9. The Morgan fingerprint density at radius 3 is 0.907 bits per heavy atom. The van der Waals surface area contributed by atoms with Gasteiger partial charge in [0, 0.05) is 19.3 Å². The van der Waals surface area contributed by atoms with Gasteiger partial charge in [-0.2, -0.15) is 0 Å². The maximum atomic E-state index is 12.9. The molecule has 16 nitrogen and oxygen atoms in total. The minimum atomic E-state index is -4.95. The molecule has 97 heavy (non-hydrogen) atoms. The first-order chi connectivity index (χ1) is 47.2. The lowest BCUT2D eigenvalue weighted by Gasteiger charge is -2.21. The zero-order chi connectivity index (χ0) is 70.9. The number of rotatable bonds is 69. The summed E-state index contributed by atoms with van der Waals surface area (Å²) in [5.74, 6) is -1.67. The molecule has 0 radical (unpaired) electrons. The monoisotopic (exact) mass is 1400 g/mol. The van der Waals surface area contributed by atoms with Crippen molar-refractivity contribution in [1.82, 2.24) is 0 Å². The molecule has 0 aromatic heterocycles. The van der Waals surface area contributed by atoms with Gasteiger partial charge in [0.1, 0.15) is 25.4 Å². The van der Waals surface area contributed by atoms with Crippen molar-refractivity contribution in [3.05, 3.63) is 146 Å². The van der Waals surface area contributed by atoms with Crippen molar-refractivity contribution in [2.45, 2.75) is 296 Å². The average Bonchev–Trinajstić information content (AvgIpc) is 1.63. The summed E-state index contributed by atoms with van der Waals surface area (Å²) in [6.07, 6.45) is 86.3. The fraction of sp³-hybridized carbons (Fsp3) is 0.658. The first-order valence-corrected chi connectivity index (χ1v) is 40.1. The highest BCUT2D eigenvalue weighted by atomic mass is 31.2. The van der Waals surface area contributed by atoms with Gasteiger partial charge in [-0.3, -0.25) is 32.5 Å². The molecule has 0 aliphatic heterocycles. The molecule has 0 bridgehead atoms. The summed E-state index contributed by atoms with van der Waals surface area (Å²) in [6.45, 7) is 2.32. The summed E-state index contributed by atoms with van der Waals surface area (Å²) in [5.41, 5.74) is 0. The summed E-state index contributed by atoms with van der Waals surface area (Å²) >= 11 is 0. The molecule has 0 aliphatic carbocycles. The number of carbonyl (C=O) groups is 3. The maximum Gasteiger partial charge on any atom is 0.472 e. The zero-order valence-electron chi connectivity index (χ0n) is 60.2. The fourth-order valence-electron chi connectivity index (χ4n) is 9.43. The molecule has 4 N–H and O–H groups in total. The number of hydrogen-bond acceptors (Lipinski definition) is 14. The highest BCUT2D eigenvalue weighted by Crippen LogP contribution is 2.45. The minimum Gasteiger partial charge on any atom is -0.463 e. The molecule has 18 heteroatoms. The van der Waals surface area contributed by atoms with Gasteiger partial charge in [0.15, 0.2) is 6.10 Å². The van der Waals surface area contributed by atoms with Crippen LogP contribution >= 0.6 is 15.6 Å². The van der Waals surface area contributed by atoms with Crippen molar-refractivity contribution >= 4 is 33.6 Å². The van der Waals surface area contributed by atoms with E-state index in [0.717, 1.165) is 128 Å². The summed E-state index contributed by atoms with van der Waals surface area (Å²) in [4.78, 5) is 58.5. The summed E-state index contributed by atoms with van der Waals surface area (Å²) in [5, 5.41) is 20.6. The second-order valence-corrected chi connectivity index (χ2v) is 27.2. The molecule has 5 atom stereocenters. The van der Waals surface area contributed by atoms with Gasteiger partial charge >= 0.3 is 33.6 Å². The van der Waals surface area contributed by atoms with Crippen LogP contribution in [0.3, 0.4) is 0 Å². The molecular weight excluding hydrogens is 1270 g/mol. The molecule has 0 saturated carbocycles. The summed E-state index contributed by atoms with van der Waals surface area (Å²) in [7, 11) is -9.81. The Labute approximate surface area is 587 Å². The van der Waals surface area contributed by atoms with Crippen molar-refractivity contribution in [3.63, 3.8) is 0 Å². The molecular formula is C79H132O16P2. The first kappa shape index (κ1) is 92.4. The van der Waals surface area contributed by atoms with Crippen LogP contribution in [0.2, 0.25) is 0 Å². The molecule has 0 rings (SSSR count). The van der Waals surface area contributed by atoms with Crippen LogP contribution < -0.4 is 0 Å². The predicted octanol–water partition coefficient (Wildman–Crippen LogP) is 21.3. The zero-order valence-corrected chi connectivity index (χ0v) is 62.0. The lowest BCUT2D eigenvalue weighted by Crippen LogP contribution is -2.30. The van der Waals surface area contributed by atoms with Gasteiger partial charge in [-0.05, 0) is 135 Å². The van der Waals surface area contributed by atoms with E-state index in [2.05, 4.69) is 154 Å². The van der Waals surface area contributed by atoms with E-state index in [1.54, 1.807) is 0 Å². The second-order valence-electron chi connectivity index (χ2n) is 24.3. The third kappa shape index (κ3) is 72.5. The predicted molar refractivity (Wildman–Crippen MR) is 399 cm³/mol. The van der Waals surface area contributed by atoms with E-state index in [1.165, 1.54) is 83.5 Å². The highest BCUT2D eigenvalue weighted by molar-refractivity contribution is 7.47. The largest absolute Gasteiger partial charge is 0.472 e. The van der Waals surface area contributed by atoms with E-state index in [1.807, 2.05) is 12.2 Å². The molecule has 0 fully saturated rings. The average molecular weight is 1400 g/mol. The lowest BCUT2D eigenvalue weighted by molar-refractivity contribution is -0.161. The molecule has 5 unspecified atom stereocenters. The molecule has 0 aliphatic rings. The van der Waals surface area contributed by atoms with Crippen LogP contribution in [0.4, 0.5) is 0 Å². The van der Waals surface area contributed by atoms with Crippen LogP contribution in [0.25, 0.3) is 0 Å². The van der Waals surface area contributed by atoms with Gasteiger partial charge in [-0.1, -0.05) is 269 Å². The number of phosphoric ester groups is 2.